The lowest BCUT2D eigenvalue weighted by molar-refractivity contribution is -0.142. The van der Waals surface area contributed by atoms with Crippen LogP contribution in [0.15, 0.2) is 54.6 Å². The number of hydrogen-bond donors (Lipinski definition) is 3. The van der Waals surface area contributed by atoms with E-state index in [1.165, 1.54) is 4.90 Å². The molecule has 170 valence electrons. The van der Waals surface area contributed by atoms with Gasteiger partial charge in [0.1, 0.15) is 11.8 Å². The summed E-state index contributed by atoms with van der Waals surface area (Å²) in [7, 11) is 1.54. The Labute approximate surface area is 186 Å². The quantitative estimate of drug-likeness (QED) is 0.578. The second kappa shape index (κ2) is 10.4. The number of hydrazine groups is 1. The number of nitrogens with zero attached hydrogens (tertiary/aromatic N) is 2. The van der Waals surface area contributed by atoms with Crippen LogP contribution in [0.4, 0.5) is 0 Å². The van der Waals surface area contributed by atoms with Gasteiger partial charge in [0.05, 0.1) is 25.1 Å². The van der Waals surface area contributed by atoms with E-state index in [2.05, 4.69) is 5.43 Å². The number of phenols is 1. The first-order valence-corrected chi connectivity index (χ1v) is 10.2. The van der Waals surface area contributed by atoms with E-state index < -0.39 is 24.0 Å². The molecule has 2 heterocycles. The van der Waals surface area contributed by atoms with Crippen LogP contribution in [0, 0.1) is 5.92 Å². The molecule has 4 rings (SSSR count). The summed E-state index contributed by atoms with van der Waals surface area (Å²) < 4.78 is 5.06. The number of rotatable bonds is 6. The van der Waals surface area contributed by atoms with E-state index >= 15 is 0 Å². The first kappa shape index (κ1) is 23.4. The number of methoxy groups -OCH3 is 1. The minimum atomic E-state index is -0.833. The minimum Gasteiger partial charge on any atom is -0.508 e. The number of nitrogens with one attached hydrogen (secondary N) is 1. The molecule has 9 nitrogen and oxygen atoms in total. The van der Waals surface area contributed by atoms with Crippen LogP contribution in [0.1, 0.15) is 24.1 Å². The fraction of sp³-hybridized carbons (Fsp3) is 0.348. The van der Waals surface area contributed by atoms with Crippen molar-refractivity contribution in [2.45, 2.75) is 25.6 Å². The maximum Gasteiger partial charge on any atom is 0.300 e. The minimum absolute atomic E-state index is 0.107. The van der Waals surface area contributed by atoms with Gasteiger partial charge in [-0.05, 0) is 11.6 Å². The summed E-state index contributed by atoms with van der Waals surface area (Å²) >= 11 is 0. The van der Waals surface area contributed by atoms with Crippen molar-refractivity contribution in [2.75, 3.05) is 20.3 Å². The highest BCUT2D eigenvalue weighted by Gasteiger charge is 2.58. The molecule has 2 amide bonds. The normalized spacial score (nSPS) is 22.4. The summed E-state index contributed by atoms with van der Waals surface area (Å²) in [5.41, 5.74) is 4.95. The number of ether oxygens (including phenoxy) is 1. The lowest BCUT2D eigenvalue weighted by Crippen LogP contribution is -2.45. The maximum atomic E-state index is 13.1. The SMILES string of the molecule is CC(=O)O.COCCN1C(=O)C2C(c3ccccc3O)NN(Cc3ccccc3)C2C1=O. The van der Waals surface area contributed by atoms with E-state index in [0.29, 0.717) is 18.7 Å². The number of carbonyl (C=O) groups is 3. The van der Waals surface area contributed by atoms with Crippen molar-refractivity contribution >= 4 is 17.8 Å². The number of imide groups is 1. The van der Waals surface area contributed by atoms with Crippen LogP contribution in [-0.2, 0) is 25.7 Å². The number of benzene rings is 2. The third kappa shape index (κ3) is 4.96. The van der Waals surface area contributed by atoms with Crippen molar-refractivity contribution in [1.82, 2.24) is 15.3 Å². The molecule has 9 heteroatoms. The Bertz CT molecular complexity index is 963. The van der Waals surface area contributed by atoms with E-state index in [9.17, 15) is 14.7 Å². The summed E-state index contributed by atoms with van der Waals surface area (Å²) in [5.74, 6) is -1.78. The van der Waals surface area contributed by atoms with Gasteiger partial charge in [-0.3, -0.25) is 19.3 Å². The highest BCUT2D eigenvalue weighted by Crippen LogP contribution is 2.42. The molecular weight excluding hydrogens is 414 g/mol. The van der Waals surface area contributed by atoms with Gasteiger partial charge in [0.15, 0.2) is 0 Å². The molecule has 0 spiro atoms. The molecular formula is C23H27N3O6. The van der Waals surface area contributed by atoms with Crippen molar-refractivity contribution in [3.05, 3.63) is 65.7 Å². The Hall–Kier alpha value is -3.27. The Balaban J connectivity index is 0.000000668. The number of hydrogen-bond acceptors (Lipinski definition) is 7. The zero-order valence-corrected chi connectivity index (χ0v) is 18.0. The van der Waals surface area contributed by atoms with Gasteiger partial charge in [0.25, 0.3) is 5.97 Å². The molecule has 3 N–H and O–H groups in total. The molecule has 0 bridgehead atoms. The van der Waals surface area contributed by atoms with Crippen LogP contribution >= 0.6 is 0 Å². The number of carbonyl (C=O) groups excluding carboxylic acids is 2. The molecule has 2 saturated heterocycles. The van der Waals surface area contributed by atoms with Gasteiger partial charge >= 0.3 is 0 Å². The standard InChI is InChI=1S/C21H23N3O4.C2H4O2/c1-28-12-11-23-20(26)17-18(15-9-5-6-10-16(15)25)22-24(19(17)21(23)27)13-14-7-3-2-4-8-14;1-2(3)4/h2-10,17-19,22,25H,11-13H2,1H3;1H3,(H,3,4). The average molecular weight is 441 g/mol. The summed E-state index contributed by atoms with van der Waals surface area (Å²) in [5, 5.41) is 19.6. The topological polar surface area (TPSA) is 119 Å². The Kier molecular flexibility index (Phi) is 7.57. The Morgan fingerprint density at radius 1 is 1.06 bits per heavy atom. The maximum absolute atomic E-state index is 13.1. The van der Waals surface area contributed by atoms with E-state index in [0.717, 1.165) is 12.5 Å². The number of phenolic OH excluding ortho intramolecular Hbond substituents is 1. The number of likely N-dealkylation sites (tertiary alicyclic amines) is 1. The Morgan fingerprint density at radius 3 is 2.31 bits per heavy atom. The van der Waals surface area contributed by atoms with Gasteiger partial charge in [-0.25, -0.2) is 10.4 Å². The smallest absolute Gasteiger partial charge is 0.300 e. The number of aliphatic carboxylic acids is 1. The Morgan fingerprint density at radius 2 is 1.69 bits per heavy atom. The van der Waals surface area contributed by atoms with Crippen molar-refractivity contribution in [1.29, 1.82) is 0 Å². The predicted molar refractivity (Wildman–Crippen MR) is 115 cm³/mol. The van der Waals surface area contributed by atoms with Crippen LogP contribution in [0.25, 0.3) is 0 Å². The number of para-hydroxylation sites is 1. The lowest BCUT2D eigenvalue weighted by Gasteiger charge is -2.25. The zero-order chi connectivity index (χ0) is 23.3. The van der Waals surface area contributed by atoms with Crippen LogP contribution in [0.5, 0.6) is 5.75 Å². The summed E-state index contributed by atoms with van der Waals surface area (Å²) in [6.07, 6.45) is 0. The van der Waals surface area contributed by atoms with Crippen molar-refractivity contribution in [3.8, 4) is 5.75 Å². The summed E-state index contributed by atoms with van der Waals surface area (Å²) in [6, 6.07) is 15.6. The van der Waals surface area contributed by atoms with Gasteiger partial charge in [0.2, 0.25) is 11.8 Å². The largest absolute Gasteiger partial charge is 0.508 e. The molecule has 0 radical (unpaired) electrons. The predicted octanol–water partition coefficient (Wildman–Crippen LogP) is 1.54. The van der Waals surface area contributed by atoms with Crippen LogP contribution in [0.2, 0.25) is 0 Å². The fourth-order valence-corrected chi connectivity index (χ4v) is 4.07. The molecule has 3 unspecified atom stereocenters. The summed E-state index contributed by atoms with van der Waals surface area (Å²) in [6.45, 7) is 2.08. The number of carboxylic acid groups (broad SMARTS) is 1. The number of fused-ring (bicyclic) bond motifs is 1. The highest BCUT2D eigenvalue weighted by molar-refractivity contribution is 6.08. The van der Waals surface area contributed by atoms with Crippen LogP contribution < -0.4 is 5.43 Å². The van der Waals surface area contributed by atoms with Gasteiger partial charge in [0, 0.05) is 26.1 Å². The van der Waals surface area contributed by atoms with Gasteiger partial charge < -0.3 is 14.9 Å². The molecule has 3 atom stereocenters. The lowest BCUT2D eigenvalue weighted by atomic mass is 9.90. The van der Waals surface area contributed by atoms with E-state index in [4.69, 9.17) is 14.6 Å². The van der Waals surface area contributed by atoms with Crippen molar-refractivity contribution < 1.29 is 29.3 Å². The first-order valence-electron chi connectivity index (χ1n) is 10.2. The van der Waals surface area contributed by atoms with E-state index in [-0.39, 0.29) is 24.1 Å². The van der Waals surface area contributed by atoms with E-state index in [1.54, 1.807) is 25.3 Å². The van der Waals surface area contributed by atoms with Gasteiger partial charge in [-0.2, -0.15) is 0 Å². The zero-order valence-electron chi connectivity index (χ0n) is 18.0. The van der Waals surface area contributed by atoms with Crippen LogP contribution in [0.3, 0.4) is 0 Å². The molecule has 2 aromatic rings. The number of aromatic hydroxyl groups is 1. The third-order valence-corrected chi connectivity index (χ3v) is 5.40. The molecule has 2 fully saturated rings. The molecule has 0 saturated carbocycles. The van der Waals surface area contributed by atoms with E-state index in [1.807, 2.05) is 41.4 Å². The molecule has 2 aliphatic heterocycles. The first-order chi connectivity index (χ1) is 15.3. The monoisotopic (exact) mass is 441 g/mol. The molecule has 0 aromatic heterocycles. The van der Waals surface area contributed by atoms with Crippen molar-refractivity contribution in [3.63, 3.8) is 0 Å². The highest BCUT2D eigenvalue weighted by atomic mass is 16.5. The van der Waals surface area contributed by atoms with Crippen molar-refractivity contribution in [2.24, 2.45) is 5.92 Å². The third-order valence-electron chi connectivity index (χ3n) is 5.40. The number of carboxylic acids is 1. The molecule has 0 aliphatic carbocycles. The van der Waals surface area contributed by atoms with Gasteiger partial charge in [-0.15, -0.1) is 0 Å². The second-order valence-electron chi connectivity index (χ2n) is 7.59. The average Bonchev–Trinajstić information content (AvgIpc) is 3.24. The summed E-state index contributed by atoms with van der Waals surface area (Å²) in [4.78, 5) is 36.5. The number of amides is 2. The van der Waals surface area contributed by atoms with Gasteiger partial charge in [-0.1, -0.05) is 48.5 Å². The van der Waals surface area contributed by atoms with Crippen LogP contribution in [-0.4, -0.2) is 64.2 Å². The molecule has 2 aromatic carbocycles. The molecule has 32 heavy (non-hydrogen) atoms. The second-order valence-corrected chi connectivity index (χ2v) is 7.59. The molecule has 2 aliphatic rings. The fourth-order valence-electron chi connectivity index (χ4n) is 4.07.